The number of carbonyl (C=O) groups excluding carboxylic acids is 1. The number of halogens is 2. The molecule has 1 N–H and O–H groups in total. The minimum atomic E-state index is -0.599. The minimum absolute atomic E-state index is 0.000689. The summed E-state index contributed by atoms with van der Waals surface area (Å²) in [5, 5.41) is 3.18. The van der Waals surface area contributed by atoms with E-state index in [0.29, 0.717) is 55.8 Å². The van der Waals surface area contributed by atoms with Crippen molar-refractivity contribution in [1.82, 2.24) is 10.3 Å². The lowest BCUT2D eigenvalue weighted by molar-refractivity contribution is 0.0964. The van der Waals surface area contributed by atoms with Gasteiger partial charge in [-0.15, -0.1) is 0 Å². The molecule has 0 aliphatic carbocycles. The van der Waals surface area contributed by atoms with Crippen LogP contribution < -0.4 is 15.0 Å². The summed E-state index contributed by atoms with van der Waals surface area (Å²) in [6, 6.07) is 19.7. The van der Waals surface area contributed by atoms with Crippen LogP contribution in [-0.2, 0) is 0 Å². The summed E-state index contributed by atoms with van der Waals surface area (Å²) in [6.45, 7) is 0. The first-order valence-electron chi connectivity index (χ1n) is 12.8. The van der Waals surface area contributed by atoms with Gasteiger partial charge >= 0.3 is 0 Å². The molecule has 41 heavy (non-hydrogen) atoms. The van der Waals surface area contributed by atoms with Crippen LogP contribution in [0.4, 0.5) is 14.5 Å². The molecule has 0 radical (unpaired) electrons. The van der Waals surface area contributed by atoms with Crippen molar-refractivity contribution in [1.29, 1.82) is 0 Å². The first kappa shape index (κ1) is 26.1. The summed E-state index contributed by atoms with van der Waals surface area (Å²) < 4.78 is 46.8. The maximum atomic E-state index is 15.6. The number of hydrogen-bond donors (Lipinski definition) is 1. The predicted octanol–water partition coefficient (Wildman–Crippen LogP) is 7.29. The third-order valence-electron chi connectivity index (χ3n) is 6.93. The summed E-state index contributed by atoms with van der Waals surface area (Å²) in [5.74, 6) is -0.864. The van der Waals surface area contributed by atoms with Gasteiger partial charge in [0.1, 0.15) is 22.7 Å². The Bertz CT molecular complexity index is 1910. The largest absolute Gasteiger partial charge is 0.493 e. The van der Waals surface area contributed by atoms with E-state index in [9.17, 15) is 9.18 Å². The SMILES string of the molecule is CNC(=O)c1c(-c2ccc(F)cc2)oc2cc(N(C)C)c(-c3cc(F)c(OC)c(-c4nc5ccccc5o4)c3)cc12. The summed E-state index contributed by atoms with van der Waals surface area (Å²) in [7, 11) is 6.63. The van der Waals surface area contributed by atoms with Crippen LogP contribution in [0.15, 0.2) is 81.6 Å². The minimum Gasteiger partial charge on any atom is -0.493 e. The van der Waals surface area contributed by atoms with Gasteiger partial charge in [-0.3, -0.25) is 4.79 Å². The Morgan fingerprint density at radius 1 is 0.902 bits per heavy atom. The van der Waals surface area contributed by atoms with Gasteiger partial charge in [0.2, 0.25) is 5.89 Å². The number of para-hydroxylation sites is 2. The molecule has 0 aliphatic rings. The van der Waals surface area contributed by atoms with Gasteiger partial charge in [0.25, 0.3) is 5.91 Å². The summed E-state index contributed by atoms with van der Waals surface area (Å²) >= 11 is 0. The zero-order chi connectivity index (χ0) is 28.8. The molecule has 6 rings (SSSR count). The van der Waals surface area contributed by atoms with Crippen molar-refractivity contribution in [2.24, 2.45) is 0 Å². The Kier molecular flexibility index (Phi) is 6.42. The van der Waals surface area contributed by atoms with Gasteiger partial charge in [0.05, 0.1) is 18.2 Å². The highest BCUT2D eigenvalue weighted by atomic mass is 19.1. The maximum Gasteiger partial charge on any atom is 0.255 e. The number of ether oxygens (including phenoxy) is 1. The van der Waals surface area contributed by atoms with E-state index >= 15 is 4.39 Å². The number of furan rings is 1. The van der Waals surface area contributed by atoms with E-state index in [-0.39, 0.29) is 23.1 Å². The van der Waals surface area contributed by atoms with Gasteiger partial charge in [-0.05, 0) is 60.2 Å². The lowest BCUT2D eigenvalue weighted by Crippen LogP contribution is -2.18. The first-order valence-corrected chi connectivity index (χ1v) is 12.8. The molecule has 7 nitrogen and oxygen atoms in total. The number of anilines is 1. The molecule has 0 unspecified atom stereocenters. The van der Waals surface area contributed by atoms with E-state index in [1.54, 1.807) is 36.4 Å². The van der Waals surface area contributed by atoms with Crippen LogP contribution in [0.1, 0.15) is 10.4 Å². The molecule has 0 bridgehead atoms. The third kappa shape index (κ3) is 4.45. The Balaban J connectivity index is 1.61. The average molecular weight is 554 g/mol. The van der Waals surface area contributed by atoms with Crippen molar-refractivity contribution < 1.29 is 27.1 Å². The zero-order valence-corrected chi connectivity index (χ0v) is 22.7. The molecule has 206 valence electrons. The summed E-state index contributed by atoms with van der Waals surface area (Å²) in [5.41, 5.74) is 4.68. The molecular formula is C32H25F2N3O4. The van der Waals surface area contributed by atoms with E-state index in [1.165, 1.54) is 32.4 Å². The first-order chi connectivity index (χ1) is 19.8. The second kappa shape index (κ2) is 10.1. The number of hydrogen-bond acceptors (Lipinski definition) is 6. The normalized spacial score (nSPS) is 11.3. The second-order valence-corrected chi connectivity index (χ2v) is 9.68. The fraction of sp³-hybridized carbons (Fsp3) is 0.125. The molecule has 9 heteroatoms. The van der Waals surface area contributed by atoms with Crippen molar-refractivity contribution in [2.45, 2.75) is 0 Å². The fourth-order valence-electron chi connectivity index (χ4n) is 4.99. The number of oxazole rings is 1. The van der Waals surface area contributed by atoms with Crippen LogP contribution in [-0.4, -0.2) is 39.1 Å². The molecule has 2 aromatic heterocycles. The monoisotopic (exact) mass is 553 g/mol. The van der Waals surface area contributed by atoms with Crippen LogP contribution in [0.5, 0.6) is 5.75 Å². The van der Waals surface area contributed by atoms with E-state index in [1.807, 2.05) is 37.2 Å². The number of carbonyl (C=O) groups is 1. The van der Waals surface area contributed by atoms with E-state index < -0.39 is 11.6 Å². The van der Waals surface area contributed by atoms with Crippen molar-refractivity contribution in [3.05, 3.63) is 90.0 Å². The Morgan fingerprint density at radius 3 is 2.34 bits per heavy atom. The van der Waals surface area contributed by atoms with E-state index in [4.69, 9.17) is 13.6 Å². The zero-order valence-electron chi connectivity index (χ0n) is 22.7. The molecule has 1 amide bonds. The van der Waals surface area contributed by atoms with Gasteiger partial charge in [0.15, 0.2) is 17.1 Å². The Morgan fingerprint density at radius 2 is 1.66 bits per heavy atom. The smallest absolute Gasteiger partial charge is 0.255 e. The van der Waals surface area contributed by atoms with Crippen LogP contribution in [0, 0.1) is 11.6 Å². The number of aromatic nitrogens is 1. The number of nitrogens with one attached hydrogen (secondary N) is 1. The van der Waals surface area contributed by atoms with E-state index in [0.717, 1.165) is 0 Å². The average Bonchev–Trinajstić information content (AvgIpc) is 3.57. The molecular weight excluding hydrogens is 528 g/mol. The number of nitrogens with zero attached hydrogens (tertiary/aromatic N) is 2. The topological polar surface area (TPSA) is 80.7 Å². The molecule has 6 aromatic rings. The summed E-state index contributed by atoms with van der Waals surface area (Å²) in [6.07, 6.45) is 0. The third-order valence-corrected chi connectivity index (χ3v) is 6.93. The summed E-state index contributed by atoms with van der Waals surface area (Å²) in [4.78, 5) is 19.5. The van der Waals surface area contributed by atoms with E-state index in [2.05, 4.69) is 10.3 Å². The molecule has 0 saturated carbocycles. The molecule has 0 spiro atoms. The lowest BCUT2D eigenvalue weighted by Gasteiger charge is -2.19. The van der Waals surface area contributed by atoms with Crippen molar-refractivity contribution >= 4 is 33.7 Å². The molecule has 2 heterocycles. The molecule has 0 aliphatic heterocycles. The Hall–Kier alpha value is -5.18. The van der Waals surface area contributed by atoms with Gasteiger partial charge < -0.3 is 23.8 Å². The standard InChI is InChI=1S/C32H25F2N3O4/c1-35-31(38)28-21-15-20(25(37(2)3)16-27(21)40-29(28)17-9-11-19(33)12-10-17)18-13-22(30(39-4)23(34)14-18)32-36-24-7-5-6-8-26(24)41-32/h5-16H,1-4H3,(H,35,38). The molecule has 0 fully saturated rings. The van der Waals surface area contributed by atoms with Crippen molar-refractivity contribution in [2.75, 3.05) is 33.2 Å². The van der Waals surface area contributed by atoms with Crippen molar-refractivity contribution in [3.8, 4) is 39.7 Å². The maximum absolute atomic E-state index is 15.6. The molecule has 0 atom stereocenters. The number of amides is 1. The molecule has 0 saturated heterocycles. The number of methoxy groups -OCH3 is 1. The highest BCUT2D eigenvalue weighted by molar-refractivity contribution is 6.13. The van der Waals surface area contributed by atoms with Gasteiger partial charge in [0, 0.05) is 49.4 Å². The van der Waals surface area contributed by atoms with Crippen molar-refractivity contribution in [3.63, 3.8) is 0 Å². The fourth-order valence-corrected chi connectivity index (χ4v) is 4.99. The quantitative estimate of drug-likeness (QED) is 0.233. The van der Waals surface area contributed by atoms with Crippen LogP contribution in [0.3, 0.4) is 0 Å². The molecule has 4 aromatic carbocycles. The number of benzene rings is 4. The highest BCUT2D eigenvalue weighted by Crippen LogP contribution is 2.43. The van der Waals surface area contributed by atoms with Crippen LogP contribution in [0.25, 0.3) is 56.0 Å². The Labute approximate surface area is 234 Å². The predicted molar refractivity (Wildman–Crippen MR) is 154 cm³/mol. The number of fused-ring (bicyclic) bond motifs is 2. The van der Waals surface area contributed by atoms with Gasteiger partial charge in [-0.25, -0.2) is 13.8 Å². The van der Waals surface area contributed by atoms with Gasteiger partial charge in [-0.1, -0.05) is 12.1 Å². The van der Waals surface area contributed by atoms with Crippen LogP contribution in [0.2, 0.25) is 0 Å². The van der Waals surface area contributed by atoms with Gasteiger partial charge in [-0.2, -0.15) is 0 Å². The van der Waals surface area contributed by atoms with Crippen LogP contribution >= 0.6 is 0 Å². The lowest BCUT2D eigenvalue weighted by atomic mass is 9.96. The number of rotatable bonds is 6. The highest BCUT2D eigenvalue weighted by Gasteiger charge is 2.25. The second-order valence-electron chi connectivity index (χ2n) is 9.68.